The highest BCUT2D eigenvalue weighted by Gasteiger charge is 2.23. The van der Waals surface area contributed by atoms with Gasteiger partial charge in [0.25, 0.3) is 5.69 Å². The van der Waals surface area contributed by atoms with Crippen LogP contribution in [0.5, 0.6) is 0 Å². The number of nitro groups is 1. The molecule has 0 saturated carbocycles. The van der Waals surface area contributed by atoms with E-state index in [0.29, 0.717) is 24.6 Å². The predicted octanol–water partition coefficient (Wildman–Crippen LogP) is 1.06. The highest BCUT2D eigenvalue weighted by Crippen LogP contribution is 2.16. The van der Waals surface area contributed by atoms with Crippen molar-refractivity contribution in [3.05, 3.63) is 39.9 Å². The van der Waals surface area contributed by atoms with Crippen LogP contribution in [0, 0.1) is 16.0 Å². The molecule has 2 N–H and O–H groups in total. The van der Waals surface area contributed by atoms with Crippen LogP contribution in [-0.4, -0.2) is 41.8 Å². The number of nitrogens with two attached hydrogens (primary N) is 1. The molecule has 1 aromatic rings. The Kier molecular flexibility index (Phi) is 4.24. The van der Waals surface area contributed by atoms with E-state index in [4.69, 9.17) is 5.73 Å². The number of rotatable bonds is 5. The van der Waals surface area contributed by atoms with Crippen LogP contribution in [0.15, 0.2) is 24.3 Å². The molecular weight excluding hydrogens is 246 g/mol. The summed E-state index contributed by atoms with van der Waals surface area (Å²) in [6.45, 7) is 2.76. The molecule has 0 bridgehead atoms. The Morgan fingerprint density at radius 3 is 2.63 bits per heavy atom. The SMILES string of the molecule is NCC1CCN(CC(=O)c2ccc([N+](=O)[O-])cc2)C1. The number of carbonyl (C=O) groups is 1. The molecule has 1 aliphatic heterocycles. The Balaban J connectivity index is 1.95. The van der Waals surface area contributed by atoms with Crippen molar-refractivity contribution in [3.63, 3.8) is 0 Å². The van der Waals surface area contributed by atoms with Gasteiger partial charge in [-0.05, 0) is 37.6 Å². The lowest BCUT2D eigenvalue weighted by atomic mass is 10.1. The quantitative estimate of drug-likeness (QED) is 0.487. The van der Waals surface area contributed by atoms with E-state index in [0.717, 1.165) is 19.5 Å². The molecule has 102 valence electrons. The van der Waals surface area contributed by atoms with Gasteiger partial charge in [-0.1, -0.05) is 0 Å². The third-order valence-electron chi connectivity index (χ3n) is 3.47. The van der Waals surface area contributed by atoms with Gasteiger partial charge in [0.1, 0.15) is 0 Å². The maximum Gasteiger partial charge on any atom is 0.269 e. The smallest absolute Gasteiger partial charge is 0.269 e. The van der Waals surface area contributed by atoms with E-state index in [-0.39, 0.29) is 11.5 Å². The number of hydrogen-bond acceptors (Lipinski definition) is 5. The van der Waals surface area contributed by atoms with Gasteiger partial charge in [0.15, 0.2) is 5.78 Å². The molecule has 1 aromatic carbocycles. The number of non-ortho nitro benzene ring substituents is 1. The summed E-state index contributed by atoms with van der Waals surface area (Å²) in [6.07, 6.45) is 1.03. The van der Waals surface area contributed by atoms with E-state index in [1.54, 1.807) is 0 Å². The normalized spacial score (nSPS) is 19.5. The summed E-state index contributed by atoms with van der Waals surface area (Å²) >= 11 is 0. The summed E-state index contributed by atoms with van der Waals surface area (Å²) in [5.41, 5.74) is 6.12. The molecule has 0 amide bonds. The first-order chi connectivity index (χ1) is 9.10. The van der Waals surface area contributed by atoms with Crippen molar-refractivity contribution < 1.29 is 9.72 Å². The van der Waals surface area contributed by atoms with Crippen LogP contribution in [-0.2, 0) is 0 Å². The first-order valence-electron chi connectivity index (χ1n) is 6.30. The summed E-state index contributed by atoms with van der Waals surface area (Å²) < 4.78 is 0. The van der Waals surface area contributed by atoms with Gasteiger partial charge in [0, 0.05) is 24.2 Å². The zero-order valence-electron chi connectivity index (χ0n) is 10.6. The number of ketones is 1. The molecule has 1 aliphatic rings. The van der Waals surface area contributed by atoms with Gasteiger partial charge in [-0.15, -0.1) is 0 Å². The van der Waals surface area contributed by atoms with E-state index in [2.05, 4.69) is 4.90 Å². The summed E-state index contributed by atoms with van der Waals surface area (Å²) in [5, 5.41) is 10.5. The third-order valence-corrected chi connectivity index (χ3v) is 3.47. The van der Waals surface area contributed by atoms with Crippen molar-refractivity contribution in [1.29, 1.82) is 0 Å². The lowest BCUT2D eigenvalue weighted by Crippen LogP contribution is -2.29. The van der Waals surface area contributed by atoms with Crippen LogP contribution in [0.3, 0.4) is 0 Å². The minimum Gasteiger partial charge on any atom is -0.330 e. The fourth-order valence-corrected chi connectivity index (χ4v) is 2.31. The van der Waals surface area contributed by atoms with Gasteiger partial charge in [-0.2, -0.15) is 0 Å². The van der Waals surface area contributed by atoms with Crippen LogP contribution in [0.4, 0.5) is 5.69 Å². The highest BCUT2D eigenvalue weighted by atomic mass is 16.6. The van der Waals surface area contributed by atoms with Crippen LogP contribution in [0.2, 0.25) is 0 Å². The Hall–Kier alpha value is -1.79. The van der Waals surface area contributed by atoms with E-state index in [1.165, 1.54) is 24.3 Å². The Morgan fingerprint density at radius 2 is 2.11 bits per heavy atom. The second-order valence-corrected chi connectivity index (χ2v) is 4.85. The van der Waals surface area contributed by atoms with Crippen molar-refractivity contribution in [2.24, 2.45) is 11.7 Å². The number of nitro benzene ring substituents is 1. The van der Waals surface area contributed by atoms with Crippen molar-refractivity contribution >= 4 is 11.5 Å². The van der Waals surface area contributed by atoms with Gasteiger partial charge in [0.05, 0.1) is 11.5 Å². The topological polar surface area (TPSA) is 89.5 Å². The lowest BCUT2D eigenvalue weighted by molar-refractivity contribution is -0.384. The van der Waals surface area contributed by atoms with Gasteiger partial charge in [-0.3, -0.25) is 19.8 Å². The van der Waals surface area contributed by atoms with Crippen LogP contribution in [0.1, 0.15) is 16.8 Å². The Bertz CT molecular complexity index is 473. The second-order valence-electron chi connectivity index (χ2n) is 4.85. The predicted molar refractivity (Wildman–Crippen MR) is 71.0 cm³/mol. The van der Waals surface area contributed by atoms with E-state index < -0.39 is 4.92 Å². The summed E-state index contributed by atoms with van der Waals surface area (Å²) in [7, 11) is 0. The van der Waals surface area contributed by atoms with Crippen LogP contribution < -0.4 is 5.73 Å². The van der Waals surface area contributed by atoms with E-state index >= 15 is 0 Å². The third kappa shape index (κ3) is 3.36. The van der Waals surface area contributed by atoms with Crippen molar-refractivity contribution in [2.75, 3.05) is 26.2 Å². The molecule has 6 nitrogen and oxygen atoms in total. The van der Waals surface area contributed by atoms with E-state index in [1.807, 2.05) is 0 Å². The number of Topliss-reactive ketones (excluding diaryl/α,β-unsaturated/α-hetero) is 1. The van der Waals surface area contributed by atoms with Gasteiger partial charge in [0.2, 0.25) is 0 Å². The fraction of sp³-hybridized carbons (Fsp3) is 0.462. The molecule has 0 aromatic heterocycles. The van der Waals surface area contributed by atoms with Crippen molar-refractivity contribution in [2.45, 2.75) is 6.42 Å². The molecule has 1 saturated heterocycles. The molecule has 2 rings (SSSR count). The molecule has 0 radical (unpaired) electrons. The minimum atomic E-state index is -0.472. The number of carbonyl (C=O) groups excluding carboxylic acids is 1. The highest BCUT2D eigenvalue weighted by molar-refractivity contribution is 5.97. The molecule has 1 atom stereocenters. The van der Waals surface area contributed by atoms with Gasteiger partial charge < -0.3 is 5.73 Å². The average Bonchev–Trinajstić information content (AvgIpc) is 2.86. The Morgan fingerprint density at radius 1 is 1.42 bits per heavy atom. The number of hydrogen-bond donors (Lipinski definition) is 1. The molecule has 0 aliphatic carbocycles. The average molecular weight is 263 g/mol. The van der Waals surface area contributed by atoms with Gasteiger partial charge >= 0.3 is 0 Å². The van der Waals surface area contributed by atoms with Gasteiger partial charge in [-0.25, -0.2) is 0 Å². The minimum absolute atomic E-state index is 0.000850. The van der Waals surface area contributed by atoms with Crippen LogP contribution >= 0.6 is 0 Å². The summed E-state index contributed by atoms with van der Waals surface area (Å²) in [4.78, 5) is 24.2. The van der Waals surface area contributed by atoms with Crippen molar-refractivity contribution in [1.82, 2.24) is 4.90 Å². The molecule has 1 fully saturated rings. The van der Waals surface area contributed by atoms with Crippen LogP contribution in [0.25, 0.3) is 0 Å². The molecule has 6 heteroatoms. The number of benzene rings is 1. The molecular formula is C13H17N3O3. The molecule has 1 heterocycles. The standard InChI is InChI=1S/C13H17N3O3/c14-7-10-5-6-15(8-10)9-13(17)11-1-3-12(4-2-11)16(18)19/h1-4,10H,5-9,14H2. The second kappa shape index (κ2) is 5.90. The lowest BCUT2D eigenvalue weighted by Gasteiger charge is -2.14. The Labute approximate surface area is 111 Å². The number of nitrogens with zero attached hydrogens (tertiary/aromatic N) is 2. The first-order valence-corrected chi connectivity index (χ1v) is 6.30. The molecule has 19 heavy (non-hydrogen) atoms. The van der Waals surface area contributed by atoms with Crippen molar-refractivity contribution in [3.8, 4) is 0 Å². The fourth-order valence-electron chi connectivity index (χ4n) is 2.31. The van der Waals surface area contributed by atoms with E-state index in [9.17, 15) is 14.9 Å². The first kappa shape index (κ1) is 13.6. The molecule has 0 spiro atoms. The zero-order chi connectivity index (χ0) is 13.8. The summed E-state index contributed by atoms with van der Waals surface area (Å²) in [6, 6.07) is 5.74. The summed E-state index contributed by atoms with van der Waals surface area (Å²) in [5.74, 6) is 0.470. The maximum absolute atomic E-state index is 12.0. The zero-order valence-corrected chi connectivity index (χ0v) is 10.6. The molecule has 1 unspecified atom stereocenters. The largest absolute Gasteiger partial charge is 0.330 e. The monoisotopic (exact) mass is 263 g/mol. The maximum atomic E-state index is 12.0. The number of likely N-dealkylation sites (tertiary alicyclic amines) is 1.